The van der Waals surface area contributed by atoms with Crippen molar-refractivity contribution in [2.75, 3.05) is 13.1 Å². The van der Waals surface area contributed by atoms with Gasteiger partial charge in [-0.05, 0) is 43.2 Å². The molecule has 25 heavy (non-hydrogen) atoms. The van der Waals surface area contributed by atoms with E-state index in [9.17, 15) is 21.6 Å². The maximum atomic E-state index is 12.8. The highest BCUT2D eigenvalue weighted by atomic mass is 32.2. The number of aryl methyl sites for hydroxylation is 1. The number of piperidine rings is 1. The maximum absolute atomic E-state index is 12.8. The quantitative estimate of drug-likeness (QED) is 0.551. The van der Waals surface area contributed by atoms with E-state index in [1.54, 1.807) is 0 Å². The van der Waals surface area contributed by atoms with Crippen LogP contribution in [-0.4, -0.2) is 31.7 Å². The summed E-state index contributed by atoms with van der Waals surface area (Å²) in [6.07, 6.45) is 3.71. The number of likely N-dealkylation sites (tertiary alicyclic amines) is 1. The maximum Gasteiger partial charge on any atom is 0.528 e. The first-order valence-corrected chi connectivity index (χ1v) is 10.0. The standard InChI is InChI=1S/C17H25F3NO3S/c1-3-14-9-8-10-15(16(14)4-2)13-21(11-6-5-7-12-21)24-25(22,23)17(18,19)20/h8-10H,3-7,11-13H2,1-2H3/q+1. The smallest absolute Gasteiger partial charge is 0.185 e. The number of hydroxylamine groups is 3. The van der Waals surface area contributed by atoms with Crippen molar-refractivity contribution in [1.29, 1.82) is 0 Å². The molecule has 0 saturated carbocycles. The van der Waals surface area contributed by atoms with Gasteiger partial charge in [-0.15, -0.1) is 0 Å². The third-order valence-corrected chi connectivity index (χ3v) is 5.81. The van der Waals surface area contributed by atoms with Crippen LogP contribution in [0.2, 0.25) is 0 Å². The van der Waals surface area contributed by atoms with Crippen molar-refractivity contribution in [1.82, 2.24) is 0 Å². The highest BCUT2D eigenvalue weighted by Gasteiger charge is 2.54. The lowest BCUT2D eigenvalue weighted by molar-refractivity contribution is -1.09. The molecular weight excluding hydrogens is 355 g/mol. The Balaban J connectivity index is 2.40. The van der Waals surface area contributed by atoms with Crippen molar-refractivity contribution in [3.05, 3.63) is 34.9 Å². The van der Waals surface area contributed by atoms with E-state index in [1.165, 1.54) is 0 Å². The predicted octanol–water partition coefficient (Wildman–Crippen LogP) is 4.09. The van der Waals surface area contributed by atoms with Gasteiger partial charge >= 0.3 is 15.6 Å². The van der Waals surface area contributed by atoms with Gasteiger partial charge in [0.15, 0.2) is 0 Å². The van der Waals surface area contributed by atoms with Crippen molar-refractivity contribution < 1.29 is 30.5 Å². The SMILES string of the molecule is CCc1cccc(C[N+]2(OS(=O)(=O)C(F)(F)F)CCCCC2)c1CC. The molecule has 1 aliphatic rings. The van der Waals surface area contributed by atoms with Crippen molar-refractivity contribution in [2.24, 2.45) is 0 Å². The van der Waals surface area contributed by atoms with Crippen LogP contribution < -0.4 is 0 Å². The highest BCUT2D eigenvalue weighted by molar-refractivity contribution is 7.87. The average Bonchev–Trinajstić information content (AvgIpc) is 2.53. The van der Waals surface area contributed by atoms with E-state index in [0.29, 0.717) is 12.8 Å². The summed E-state index contributed by atoms with van der Waals surface area (Å²) in [7, 11) is -5.64. The van der Waals surface area contributed by atoms with Crippen LogP contribution in [0.3, 0.4) is 0 Å². The number of rotatable bonds is 6. The molecule has 1 aromatic rings. The van der Waals surface area contributed by atoms with Crippen LogP contribution in [0, 0.1) is 0 Å². The van der Waals surface area contributed by atoms with Crippen molar-refractivity contribution in [3.8, 4) is 0 Å². The monoisotopic (exact) mass is 380 g/mol. The molecule has 1 fully saturated rings. The molecule has 0 aromatic heterocycles. The summed E-state index contributed by atoms with van der Waals surface area (Å²) >= 11 is 0. The van der Waals surface area contributed by atoms with Crippen LogP contribution in [0.25, 0.3) is 0 Å². The first kappa shape index (κ1) is 20.2. The molecule has 0 N–H and O–H groups in total. The van der Waals surface area contributed by atoms with Gasteiger partial charge in [-0.25, -0.2) is 0 Å². The van der Waals surface area contributed by atoms with Crippen LogP contribution in [0.5, 0.6) is 0 Å². The topological polar surface area (TPSA) is 43.4 Å². The Kier molecular flexibility index (Phi) is 6.17. The van der Waals surface area contributed by atoms with Crippen LogP contribution in [0.4, 0.5) is 13.2 Å². The van der Waals surface area contributed by atoms with E-state index in [-0.39, 0.29) is 19.6 Å². The lowest BCUT2D eigenvalue weighted by atomic mass is 9.96. The largest absolute Gasteiger partial charge is 0.528 e. The summed E-state index contributed by atoms with van der Waals surface area (Å²) in [5.74, 6) is 0. The molecule has 0 radical (unpaired) electrons. The number of halogens is 3. The number of hydrogen-bond acceptors (Lipinski definition) is 3. The fourth-order valence-corrected chi connectivity index (χ4v) is 4.23. The van der Waals surface area contributed by atoms with Gasteiger partial charge in [-0.3, -0.25) is 0 Å². The Morgan fingerprint density at radius 1 is 1.04 bits per heavy atom. The Morgan fingerprint density at radius 3 is 2.16 bits per heavy atom. The Labute approximate surface area is 147 Å². The fourth-order valence-electron chi connectivity index (χ4n) is 3.53. The number of nitrogens with zero attached hydrogens (tertiary/aromatic N) is 1. The van der Waals surface area contributed by atoms with Crippen LogP contribution >= 0.6 is 0 Å². The van der Waals surface area contributed by atoms with Crippen LogP contribution in [0.1, 0.15) is 49.8 Å². The third-order valence-electron chi connectivity index (χ3n) is 4.73. The van der Waals surface area contributed by atoms with E-state index < -0.39 is 20.3 Å². The summed E-state index contributed by atoms with van der Waals surface area (Å²) in [5, 5.41) is 0. The molecule has 2 rings (SSSR count). The van der Waals surface area contributed by atoms with Crippen molar-refractivity contribution >= 4 is 10.1 Å². The van der Waals surface area contributed by atoms with Gasteiger partial charge in [0.25, 0.3) is 0 Å². The molecular formula is C17H25F3NO3S+. The number of alkyl halides is 3. The summed E-state index contributed by atoms with van der Waals surface area (Å²) in [6, 6.07) is 5.72. The number of quaternary nitrogens is 1. The summed E-state index contributed by atoms with van der Waals surface area (Å²) in [5.41, 5.74) is -2.34. The van der Waals surface area contributed by atoms with Gasteiger partial charge in [-0.2, -0.15) is 26.2 Å². The van der Waals surface area contributed by atoms with Gasteiger partial charge in [0.2, 0.25) is 0 Å². The van der Waals surface area contributed by atoms with Crippen molar-refractivity contribution in [3.63, 3.8) is 0 Å². The normalized spacial score (nSPS) is 18.3. The zero-order chi connectivity index (χ0) is 18.7. The molecule has 0 atom stereocenters. The van der Waals surface area contributed by atoms with Gasteiger partial charge in [0.05, 0.1) is 0 Å². The van der Waals surface area contributed by atoms with E-state index in [2.05, 4.69) is 0 Å². The molecule has 0 unspecified atom stereocenters. The first-order valence-electron chi connectivity index (χ1n) is 8.62. The Morgan fingerprint density at radius 2 is 1.64 bits per heavy atom. The van der Waals surface area contributed by atoms with Gasteiger partial charge < -0.3 is 0 Å². The lowest BCUT2D eigenvalue weighted by Gasteiger charge is -2.37. The second-order valence-corrected chi connectivity index (χ2v) is 7.98. The minimum absolute atomic E-state index is 0.131. The average molecular weight is 380 g/mol. The molecule has 4 nitrogen and oxygen atoms in total. The fraction of sp³-hybridized carbons (Fsp3) is 0.647. The van der Waals surface area contributed by atoms with Crippen molar-refractivity contribution in [2.45, 2.75) is 58.0 Å². The first-order chi connectivity index (χ1) is 11.6. The molecule has 1 aromatic carbocycles. The van der Waals surface area contributed by atoms with Crippen LogP contribution in [0.15, 0.2) is 18.2 Å². The minimum atomic E-state index is -5.64. The zero-order valence-corrected chi connectivity index (χ0v) is 15.4. The number of benzene rings is 1. The lowest BCUT2D eigenvalue weighted by Crippen LogP contribution is -2.53. The molecule has 0 aliphatic carbocycles. The Hall–Kier alpha value is -1.12. The molecule has 8 heteroatoms. The summed E-state index contributed by atoms with van der Waals surface area (Å²) in [6.45, 7) is 4.66. The van der Waals surface area contributed by atoms with Gasteiger partial charge in [0, 0.05) is 5.56 Å². The zero-order valence-electron chi connectivity index (χ0n) is 14.6. The third kappa shape index (κ3) is 4.54. The van der Waals surface area contributed by atoms with E-state index >= 15 is 0 Å². The highest BCUT2D eigenvalue weighted by Crippen LogP contribution is 2.33. The summed E-state index contributed by atoms with van der Waals surface area (Å²) < 4.78 is 66.1. The van der Waals surface area contributed by atoms with Gasteiger partial charge in [0.1, 0.15) is 19.6 Å². The predicted molar refractivity (Wildman–Crippen MR) is 88.8 cm³/mol. The van der Waals surface area contributed by atoms with E-state index in [4.69, 9.17) is 4.28 Å². The molecule has 142 valence electrons. The summed E-state index contributed by atoms with van der Waals surface area (Å²) in [4.78, 5) is 0. The van der Waals surface area contributed by atoms with E-state index in [1.807, 2.05) is 32.0 Å². The molecule has 0 amide bonds. The second-order valence-electron chi connectivity index (χ2n) is 6.46. The molecule has 0 bridgehead atoms. The number of hydrogen-bond donors (Lipinski definition) is 0. The molecule has 0 spiro atoms. The van der Waals surface area contributed by atoms with Crippen LogP contribution in [-0.2, 0) is 33.8 Å². The van der Waals surface area contributed by atoms with E-state index in [0.717, 1.165) is 36.0 Å². The molecule has 1 saturated heterocycles. The minimum Gasteiger partial charge on any atom is -0.185 e. The van der Waals surface area contributed by atoms with Gasteiger partial charge in [-0.1, -0.05) is 36.3 Å². The Bertz CT molecular complexity index is 696. The molecule has 1 aliphatic heterocycles. The molecule has 1 heterocycles. The second kappa shape index (κ2) is 7.63.